The van der Waals surface area contributed by atoms with Gasteiger partial charge >= 0.3 is 12.0 Å². The van der Waals surface area contributed by atoms with Crippen molar-refractivity contribution in [2.75, 3.05) is 25.5 Å². The molecule has 7 heteroatoms. The molecule has 0 bridgehead atoms. The number of imidazole rings is 1. The lowest BCUT2D eigenvalue weighted by atomic mass is 9.98. The first-order chi connectivity index (χ1) is 21.0. The number of rotatable bonds is 12. The van der Waals surface area contributed by atoms with E-state index in [2.05, 4.69) is 48.7 Å². The molecule has 0 aliphatic heterocycles. The highest BCUT2D eigenvalue weighted by Crippen LogP contribution is 2.29. The van der Waals surface area contributed by atoms with Crippen LogP contribution in [0.3, 0.4) is 0 Å². The standard InChI is InChI=1S/C37H48N4O3/c1-8-10-14-24-40(36(43)39(6)7)29-22-23-32-33(25-29)41(34(38-32)17-11-9-2)26-27-18-20-28(21-19-27)30-15-12-13-16-31(30)35(42)44-37(3,4)5/h12-13,15-16,18-23,25H,8-11,14,17,24,26H2,1-7H3. The molecule has 4 aromatic rings. The first-order valence-corrected chi connectivity index (χ1v) is 15.9. The predicted molar refractivity (Wildman–Crippen MR) is 180 cm³/mol. The number of carbonyl (C=O) groups is 2. The highest BCUT2D eigenvalue weighted by atomic mass is 16.6. The average Bonchev–Trinajstić information content (AvgIpc) is 3.33. The van der Waals surface area contributed by atoms with Crippen LogP contribution in [0.25, 0.3) is 22.2 Å². The molecule has 0 unspecified atom stereocenters. The molecule has 0 aliphatic rings. The van der Waals surface area contributed by atoms with Crippen LogP contribution in [0.15, 0.2) is 66.7 Å². The average molecular weight is 597 g/mol. The number of hydrogen-bond acceptors (Lipinski definition) is 4. The number of anilines is 1. The third-order valence-electron chi connectivity index (χ3n) is 7.63. The molecule has 7 nitrogen and oxygen atoms in total. The molecule has 2 amide bonds. The van der Waals surface area contributed by atoms with Gasteiger partial charge in [-0.25, -0.2) is 14.6 Å². The number of carbonyl (C=O) groups excluding carboxylic acids is 2. The maximum Gasteiger partial charge on any atom is 0.339 e. The molecule has 234 valence electrons. The van der Waals surface area contributed by atoms with Crippen LogP contribution in [0.5, 0.6) is 0 Å². The number of esters is 1. The summed E-state index contributed by atoms with van der Waals surface area (Å²) in [5, 5.41) is 0. The normalized spacial score (nSPS) is 11.5. The molecule has 1 heterocycles. The fourth-order valence-corrected chi connectivity index (χ4v) is 5.35. The Labute approximate surface area is 262 Å². The number of benzene rings is 3. The van der Waals surface area contributed by atoms with E-state index in [4.69, 9.17) is 9.72 Å². The van der Waals surface area contributed by atoms with Crippen LogP contribution in [0.4, 0.5) is 10.5 Å². The van der Waals surface area contributed by atoms with Gasteiger partial charge in [-0.05, 0) is 74.6 Å². The fourth-order valence-electron chi connectivity index (χ4n) is 5.35. The number of aryl methyl sites for hydroxylation is 1. The van der Waals surface area contributed by atoms with Gasteiger partial charge in [-0.1, -0.05) is 75.6 Å². The van der Waals surface area contributed by atoms with Crippen LogP contribution in [-0.4, -0.2) is 52.7 Å². The van der Waals surface area contributed by atoms with E-state index in [9.17, 15) is 9.59 Å². The highest BCUT2D eigenvalue weighted by Gasteiger charge is 2.22. The molecular formula is C37H48N4O3. The van der Waals surface area contributed by atoms with E-state index >= 15 is 0 Å². The number of urea groups is 1. The minimum atomic E-state index is -0.566. The van der Waals surface area contributed by atoms with Gasteiger partial charge in [-0.15, -0.1) is 0 Å². The molecular weight excluding hydrogens is 548 g/mol. The van der Waals surface area contributed by atoms with Gasteiger partial charge in [0.25, 0.3) is 0 Å². The zero-order chi connectivity index (χ0) is 31.9. The molecule has 0 fully saturated rings. The minimum absolute atomic E-state index is 0.0139. The molecule has 0 spiro atoms. The van der Waals surface area contributed by atoms with Crippen LogP contribution in [0.2, 0.25) is 0 Å². The van der Waals surface area contributed by atoms with E-state index in [1.807, 2.05) is 62.1 Å². The van der Waals surface area contributed by atoms with Crippen LogP contribution >= 0.6 is 0 Å². The van der Waals surface area contributed by atoms with Crippen LogP contribution in [0.1, 0.15) is 88.5 Å². The fraction of sp³-hybridized carbons (Fsp3) is 0.432. The second-order valence-electron chi connectivity index (χ2n) is 12.7. The molecule has 4 rings (SSSR count). The number of fused-ring (bicyclic) bond motifs is 1. The second-order valence-corrected chi connectivity index (χ2v) is 12.7. The summed E-state index contributed by atoms with van der Waals surface area (Å²) < 4.78 is 7.97. The predicted octanol–water partition coefficient (Wildman–Crippen LogP) is 8.73. The van der Waals surface area contributed by atoms with E-state index in [-0.39, 0.29) is 12.0 Å². The molecule has 0 saturated carbocycles. The monoisotopic (exact) mass is 596 g/mol. The number of ether oxygens (including phenoxy) is 1. The van der Waals surface area contributed by atoms with Crippen molar-refractivity contribution in [3.05, 3.63) is 83.7 Å². The molecule has 0 saturated heterocycles. The van der Waals surface area contributed by atoms with E-state index in [0.29, 0.717) is 18.7 Å². The van der Waals surface area contributed by atoms with Gasteiger partial charge in [0.1, 0.15) is 11.4 Å². The minimum Gasteiger partial charge on any atom is -0.456 e. The Morgan fingerprint density at radius 2 is 1.59 bits per heavy atom. The number of aromatic nitrogens is 2. The van der Waals surface area contributed by atoms with Crippen molar-refractivity contribution in [1.29, 1.82) is 0 Å². The Bertz CT molecular complexity index is 1560. The lowest BCUT2D eigenvalue weighted by molar-refractivity contribution is 0.00704. The van der Waals surface area contributed by atoms with E-state index in [0.717, 1.165) is 77.8 Å². The van der Waals surface area contributed by atoms with Gasteiger partial charge in [0.2, 0.25) is 0 Å². The third-order valence-corrected chi connectivity index (χ3v) is 7.63. The van der Waals surface area contributed by atoms with Gasteiger partial charge in [0.15, 0.2) is 0 Å². The number of amides is 2. The smallest absolute Gasteiger partial charge is 0.339 e. The van der Waals surface area contributed by atoms with Crippen LogP contribution in [0, 0.1) is 0 Å². The summed E-state index contributed by atoms with van der Waals surface area (Å²) in [6.07, 6.45) is 6.16. The molecule has 0 atom stereocenters. The first-order valence-electron chi connectivity index (χ1n) is 15.9. The summed E-state index contributed by atoms with van der Waals surface area (Å²) in [6, 6.07) is 22.1. The SMILES string of the molecule is CCCCCN(C(=O)N(C)C)c1ccc2nc(CCCC)n(Cc3ccc(-c4ccccc4C(=O)OC(C)(C)C)cc3)c2c1. The topological polar surface area (TPSA) is 67.7 Å². The number of hydrogen-bond donors (Lipinski definition) is 0. The maximum absolute atomic E-state index is 13.2. The molecule has 3 aromatic carbocycles. The van der Waals surface area contributed by atoms with E-state index < -0.39 is 5.60 Å². The summed E-state index contributed by atoms with van der Waals surface area (Å²) in [6.45, 7) is 11.3. The van der Waals surface area contributed by atoms with Crippen molar-refractivity contribution in [3.8, 4) is 11.1 Å². The summed E-state index contributed by atoms with van der Waals surface area (Å²) in [7, 11) is 3.60. The van der Waals surface area contributed by atoms with Gasteiger partial charge in [0.05, 0.1) is 16.6 Å². The third kappa shape index (κ3) is 8.07. The van der Waals surface area contributed by atoms with Crippen molar-refractivity contribution in [2.45, 2.75) is 85.3 Å². The van der Waals surface area contributed by atoms with Crippen LogP contribution < -0.4 is 4.90 Å². The van der Waals surface area contributed by atoms with Crippen molar-refractivity contribution in [2.24, 2.45) is 0 Å². The summed E-state index contributed by atoms with van der Waals surface area (Å²) >= 11 is 0. The zero-order valence-electron chi connectivity index (χ0n) is 27.5. The Balaban J connectivity index is 1.68. The molecule has 1 aromatic heterocycles. The molecule has 0 aliphatic carbocycles. The second kappa shape index (κ2) is 14.6. The Kier molecular flexibility index (Phi) is 10.8. The Hall–Kier alpha value is -4.13. The molecule has 0 radical (unpaired) electrons. The van der Waals surface area contributed by atoms with E-state index in [1.54, 1.807) is 19.0 Å². The quantitative estimate of drug-likeness (QED) is 0.121. The van der Waals surface area contributed by atoms with Gasteiger partial charge < -0.3 is 14.2 Å². The van der Waals surface area contributed by atoms with Gasteiger partial charge in [-0.2, -0.15) is 0 Å². The summed E-state index contributed by atoms with van der Waals surface area (Å²) in [4.78, 5) is 34.7. The van der Waals surface area contributed by atoms with Crippen molar-refractivity contribution >= 4 is 28.7 Å². The number of nitrogens with zero attached hydrogens (tertiary/aromatic N) is 4. The van der Waals surface area contributed by atoms with Crippen molar-refractivity contribution in [1.82, 2.24) is 14.5 Å². The lowest BCUT2D eigenvalue weighted by Gasteiger charge is -2.26. The zero-order valence-corrected chi connectivity index (χ0v) is 27.5. The number of unbranched alkanes of at least 4 members (excludes halogenated alkanes) is 3. The summed E-state index contributed by atoms with van der Waals surface area (Å²) in [5.74, 6) is 0.727. The molecule has 0 N–H and O–H groups in total. The Morgan fingerprint density at radius 3 is 2.25 bits per heavy atom. The van der Waals surface area contributed by atoms with Crippen molar-refractivity contribution in [3.63, 3.8) is 0 Å². The van der Waals surface area contributed by atoms with Crippen molar-refractivity contribution < 1.29 is 14.3 Å². The maximum atomic E-state index is 13.2. The highest BCUT2D eigenvalue weighted by molar-refractivity contribution is 5.97. The first kappa shape index (κ1) is 32.8. The van der Waals surface area contributed by atoms with Crippen LogP contribution in [-0.2, 0) is 17.7 Å². The molecule has 44 heavy (non-hydrogen) atoms. The van der Waals surface area contributed by atoms with Gasteiger partial charge in [0, 0.05) is 39.3 Å². The van der Waals surface area contributed by atoms with E-state index in [1.165, 1.54) is 0 Å². The van der Waals surface area contributed by atoms with Gasteiger partial charge in [-0.3, -0.25) is 4.90 Å². The Morgan fingerprint density at radius 1 is 0.886 bits per heavy atom. The lowest BCUT2D eigenvalue weighted by Crippen LogP contribution is -2.40. The largest absolute Gasteiger partial charge is 0.456 e. The summed E-state index contributed by atoms with van der Waals surface area (Å²) in [5.41, 5.74) is 5.80.